The molecule has 1 rings (SSSR count). The fourth-order valence-electron chi connectivity index (χ4n) is 1.41. The van der Waals surface area contributed by atoms with Crippen molar-refractivity contribution in [1.82, 2.24) is 0 Å². The summed E-state index contributed by atoms with van der Waals surface area (Å²) in [7, 11) is 1.38. The Morgan fingerprint density at radius 3 is 2.06 bits per heavy atom. The van der Waals surface area contributed by atoms with E-state index in [1.165, 1.54) is 19.2 Å². The predicted molar refractivity (Wildman–Crippen MR) is 58.0 cm³/mol. The number of aliphatic hydroxyl groups is 1. The van der Waals surface area contributed by atoms with Gasteiger partial charge in [-0.05, 0) is 23.8 Å². The minimum Gasteiger partial charge on any atom is -0.497 e. The van der Waals surface area contributed by atoms with Crippen LogP contribution in [0.4, 0.5) is 17.6 Å². The fraction of sp³-hybridized carbons (Fsp3) is 0.333. The lowest BCUT2D eigenvalue weighted by Gasteiger charge is -2.29. The SMILES string of the molecule is C=C[C@@](F)([C@@H](O)c1ccc(OC)cc1)C(F)(F)F. The van der Waals surface area contributed by atoms with Gasteiger partial charge in [-0.25, -0.2) is 4.39 Å². The lowest BCUT2D eigenvalue weighted by atomic mass is 9.92. The topological polar surface area (TPSA) is 29.5 Å². The molecule has 0 saturated heterocycles. The summed E-state index contributed by atoms with van der Waals surface area (Å²) in [5, 5.41) is 9.53. The zero-order chi connectivity index (χ0) is 14.0. The Morgan fingerprint density at radius 2 is 1.72 bits per heavy atom. The maximum absolute atomic E-state index is 13.8. The van der Waals surface area contributed by atoms with E-state index >= 15 is 0 Å². The van der Waals surface area contributed by atoms with E-state index in [1.54, 1.807) is 0 Å². The third kappa shape index (κ3) is 2.48. The number of hydrogen-bond donors (Lipinski definition) is 1. The molecule has 0 amide bonds. The molecule has 0 aliphatic rings. The van der Waals surface area contributed by atoms with Crippen LogP contribution < -0.4 is 4.74 Å². The molecule has 0 radical (unpaired) electrons. The number of ether oxygens (including phenoxy) is 1. The molecule has 18 heavy (non-hydrogen) atoms. The molecule has 0 bridgehead atoms. The normalized spacial score (nSPS) is 16.8. The van der Waals surface area contributed by atoms with Gasteiger partial charge in [0.05, 0.1) is 7.11 Å². The van der Waals surface area contributed by atoms with Crippen molar-refractivity contribution in [3.05, 3.63) is 42.5 Å². The summed E-state index contributed by atoms with van der Waals surface area (Å²) in [5.41, 5.74) is -4.10. The molecule has 0 spiro atoms. The molecule has 0 unspecified atom stereocenters. The van der Waals surface area contributed by atoms with Crippen LogP contribution in [0.5, 0.6) is 5.75 Å². The molecule has 1 aromatic carbocycles. The van der Waals surface area contributed by atoms with Crippen LogP contribution in [0.2, 0.25) is 0 Å². The van der Waals surface area contributed by atoms with Crippen LogP contribution in [0.25, 0.3) is 0 Å². The van der Waals surface area contributed by atoms with E-state index < -0.39 is 17.9 Å². The van der Waals surface area contributed by atoms with Crippen LogP contribution in [-0.4, -0.2) is 24.1 Å². The number of alkyl halides is 4. The van der Waals surface area contributed by atoms with Gasteiger partial charge in [0.2, 0.25) is 0 Å². The second-order valence-corrected chi connectivity index (χ2v) is 3.65. The molecule has 2 nitrogen and oxygen atoms in total. The van der Waals surface area contributed by atoms with E-state index in [2.05, 4.69) is 6.58 Å². The van der Waals surface area contributed by atoms with Crippen molar-refractivity contribution in [3.8, 4) is 5.75 Å². The van der Waals surface area contributed by atoms with E-state index in [0.29, 0.717) is 5.75 Å². The Kier molecular flexibility index (Phi) is 4.01. The summed E-state index contributed by atoms with van der Waals surface area (Å²) in [6.45, 7) is 2.80. The van der Waals surface area contributed by atoms with E-state index in [-0.39, 0.29) is 11.6 Å². The summed E-state index contributed by atoms with van der Waals surface area (Å²) in [6, 6.07) is 4.98. The minimum absolute atomic E-state index is 0.0574. The average molecular weight is 264 g/mol. The summed E-state index contributed by atoms with van der Waals surface area (Å²) in [5.74, 6) is 0.390. The van der Waals surface area contributed by atoms with Crippen molar-refractivity contribution in [3.63, 3.8) is 0 Å². The highest BCUT2D eigenvalue weighted by molar-refractivity contribution is 5.31. The van der Waals surface area contributed by atoms with Gasteiger partial charge in [0.1, 0.15) is 11.9 Å². The van der Waals surface area contributed by atoms with Gasteiger partial charge in [-0.2, -0.15) is 13.2 Å². The third-order valence-corrected chi connectivity index (χ3v) is 2.56. The molecule has 0 fully saturated rings. The van der Waals surface area contributed by atoms with Crippen molar-refractivity contribution in [2.75, 3.05) is 7.11 Å². The number of methoxy groups -OCH3 is 1. The molecular formula is C12H12F4O2. The van der Waals surface area contributed by atoms with Crippen LogP contribution in [0, 0.1) is 0 Å². The van der Waals surface area contributed by atoms with Crippen LogP contribution in [-0.2, 0) is 0 Å². The van der Waals surface area contributed by atoms with E-state index in [0.717, 1.165) is 12.1 Å². The highest BCUT2D eigenvalue weighted by atomic mass is 19.4. The largest absolute Gasteiger partial charge is 0.497 e. The quantitative estimate of drug-likeness (QED) is 0.668. The van der Waals surface area contributed by atoms with E-state index in [9.17, 15) is 22.7 Å². The van der Waals surface area contributed by atoms with Crippen LogP contribution in [0.1, 0.15) is 11.7 Å². The van der Waals surface area contributed by atoms with Gasteiger partial charge in [-0.3, -0.25) is 0 Å². The summed E-state index contributed by atoms with van der Waals surface area (Å²) in [4.78, 5) is 0. The van der Waals surface area contributed by atoms with Gasteiger partial charge in [-0.15, -0.1) is 0 Å². The first-order valence-corrected chi connectivity index (χ1v) is 4.97. The molecule has 0 saturated carbocycles. The summed E-state index contributed by atoms with van der Waals surface area (Å²) in [6.07, 6.45) is -7.56. The van der Waals surface area contributed by atoms with Crippen molar-refractivity contribution >= 4 is 0 Å². The van der Waals surface area contributed by atoms with Gasteiger partial charge in [0.15, 0.2) is 0 Å². The molecule has 0 aliphatic heterocycles. The van der Waals surface area contributed by atoms with Gasteiger partial charge in [-0.1, -0.05) is 18.7 Å². The standard InChI is InChI=1S/C12H12F4O2/c1-3-11(13,12(14,15)16)10(17)8-4-6-9(18-2)7-5-8/h3-7,10,17H,1H2,2H3/t10-,11+/m0/s1. The van der Waals surface area contributed by atoms with Crippen molar-refractivity contribution in [2.45, 2.75) is 17.9 Å². The van der Waals surface area contributed by atoms with E-state index in [1.807, 2.05) is 0 Å². The monoisotopic (exact) mass is 264 g/mol. The van der Waals surface area contributed by atoms with Gasteiger partial charge >= 0.3 is 6.18 Å². The molecule has 0 aromatic heterocycles. The smallest absolute Gasteiger partial charge is 0.429 e. The zero-order valence-electron chi connectivity index (χ0n) is 9.54. The maximum atomic E-state index is 13.8. The fourth-order valence-corrected chi connectivity index (χ4v) is 1.41. The van der Waals surface area contributed by atoms with Gasteiger partial charge in [0, 0.05) is 0 Å². The zero-order valence-corrected chi connectivity index (χ0v) is 9.54. The van der Waals surface area contributed by atoms with Gasteiger partial charge in [0.25, 0.3) is 5.67 Å². The van der Waals surface area contributed by atoms with E-state index in [4.69, 9.17) is 4.74 Å². The predicted octanol–water partition coefficient (Wildman–Crippen LogP) is 3.19. The number of benzene rings is 1. The summed E-state index contributed by atoms with van der Waals surface area (Å²) < 4.78 is 56.2. The van der Waals surface area contributed by atoms with Crippen LogP contribution in [0.15, 0.2) is 36.9 Å². The van der Waals surface area contributed by atoms with Crippen molar-refractivity contribution < 1.29 is 27.4 Å². The molecule has 0 heterocycles. The van der Waals surface area contributed by atoms with Crippen molar-refractivity contribution in [1.29, 1.82) is 0 Å². The van der Waals surface area contributed by atoms with Crippen molar-refractivity contribution in [2.24, 2.45) is 0 Å². The summed E-state index contributed by atoms with van der Waals surface area (Å²) >= 11 is 0. The first kappa shape index (κ1) is 14.5. The second-order valence-electron chi connectivity index (χ2n) is 3.65. The molecule has 1 aromatic rings. The molecule has 1 N–H and O–H groups in total. The first-order chi connectivity index (χ1) is 8.26. The first-order valence-electron chi connectivity index (χ1n) is 4.97. The minimum atomic E-state index is -5.24. The number of halogens is 4. The maximum Gasteiger partial charge on any atom is 0.429 e. The number of aliphatic hydroxyl groups excluding tert-OH is 1. The molecule has 100 valence electrons. The number of hydrogen-bond acceptors (Lipinski definition) is 2. The Bertz CT molecular complexity index is 413. The average Bonchev–Trinajstić information content (AvgIpc) is 2.35. The highest BCUT2D eigenvalue weighted by Gasteiger charge is 2.59. The Hall–Kier alpha value is -1.56. The molecular weight excluding hydrogens is 252 g/mol. The number of rotatable bonds is 4. The third-order valence-electron chi connectivity index (χ3n) is 2.56. The Morgan fingerprint density at radius 1 is 1.22 bits per heavy atom. The molecule has 2 atom stereocenters. The van der Waals surface area contributed by atoms with Crippen LogP contribution >= 0.6 is 0 Å². The molecule has 0 aliphatic carbocycles. The lowest BCUT2D eigenvalue weighted by molar-refractivity contribution is -0.241. The lowest BCUT2D eigenvalue weighted by Crippen LogP contribution is -2.44. The Labute approximate surface area is 102 Å². The van der Waals surface area contributed by atoms with Gasteiger partial charge < -0.3 is 9.84 Å². The highest BCUT2D eigenvalue weighted by Crippen LogP contribution is 2.44. The second kappa shape index (κ2) is 4.97. The molecule has 6 heteroatoms. The van der Waals surface area contributed by atoms with Crippen LogP contribution in [0.3, 0.4) is 0 Å². The Balaban J connectivity index is 3.11.